The van der Waals surface area contributed by atoms with Gasteiger partial charge in [-0.05, 0) is 50.1 Å². The fraction of sp³-hybridized carbons (Fsp3) is 0.318. The average Bonchev–Trinajstić information content (AvgIpc) is 3.32. The summed E-state index contributed by atoms with van der Waals surface area (Å²) in [5.41, 5.74) is 2.34. The summed E-state index contributed by atoms with van der Waals surface area (Å²) in [5, 5.41) is 7.29. The molecular formula is C22H22FN3O2S. The molecule has 5 rings (SSSR count). The Hall–Kier alpha value is -2.64. The molecule has 0 spiro atoms. The van der Waals surface area contributed by atoms with E-state index in [0.29, 0.717) is 23.1 Å². The predicted molar refractivity (Wildman–Crippen MR) is 112 cm³/mol. The Kier molecular flexibility index (Phi) is 4.44. The zero-order chi connectivity index (χ0) is 20.1. The Balaban J connectivity index is 1.43. The highest BCUT2D eigenvalue weighted by Crippen LogP contribution is 2.41. The third kappa shape index (κ3) is 3.14. The Labute approximate surface area is 172 Å². The summed E-state index contributed by atoms with van der Waals surface area (Å²) in [6.45, 7) is 6.24. The molecule has 7 heteroatoms. The van der Waals surface area contributed by atoms with Crippen molar-refractivity contribution in [2.24, 2.45) is 0 Å². The molecule has 4 heterocycles. The molecule has 2 aromatic heterocycles. The first-order valence-corrected chi connectivity index (χ1v) is 10.6. The monoisotopic (exact) mass is 411 g/mol. The number of carbonyl (C=O) groups is 1. The number of nitrogens with zero attached hydrogens (tertiary/aromatic N) is 1. The second kappa shape index (κ2) is 7.00. The number of benzene rings is 1. The molecule has 0 unspecified atom stereocenters. The van der Waals surface area contributed by atoms with E-state index in [9.17, 15) is 9.18 Å². The van der Waals surface area contributed by atoms with Crippen molar-refractivity contribution in [1.29, 1.82) is 0 Å². The number of fused-ring (bicyclic) bond motifs is 3. The minimum atomic E-state index is -0.475. The van der Waals surface area contributed by atoms with Crippen LogP contribution in [0.15, 0.2) is 40.8 Å². The van der Waals surface area contributed by atoms with Crippen molar-refractivity contribution in [2.45, 2.75) is 39.0 Å². The van der Waals surface area contributed by atoms with Crippen LogP contribution in [-0.2, 0) is 13.0 Å². The number of nitrogens with one attached hydrogen (secondary N) is 2. The zero-order valence-corrected chi connectivity index (χ0v) is 17.1. The highest BCUT2D eigenvalue weighted by atomic mass is 32.1. The summed E-state index contributed by atoms with van der Waals surface area (Å²) < 4.78 is 19.9. The first-order valence-electron chi connectivity index (χ1n) is 9.82. The van der Waals surface area contributed by atoms with Crippen molar-refractivity contribution >= 4 is 22.2 Å². The molecule has 1 atom stereocenters. The maximum absolute atomic E-state index is 14.1. The zero-order valence-electron chi connectivity index (χ0n) is 16.3. The summed E-state index contributed by atoms with van der Waals surface area (Å²) in [7, 11) is 0. The molecule has 0 fully saturated rings. The van der Waals surface area contributed by atoms with Crippen LogP contribution in [0.5, 0.6) is 0 Å². The summed E-state index contributed by atoms with van der Waals surface area (Å²) in [4.78, 5) is 16.6. The fourth-order valence-corrected chi connectivity index (χ4v) is 5.33. The van der Waals surface area contributed by atoms with E-state index in [0.717, 1.165) is 35.6 Å². The predicted octanol–water partition coefficient (Wildman–Crippen LogP) is 4.77. The molecule has 2 aliphatic rings. The van der Waals surface area contributed by atoms with Gasteiger partial charge in [-0.15, -0.1) is 11.3 Å². The lowest BCUT2D eigenvalue weighted by Gasteiger charge is -2.30. The summed E-state index contributed by atoms with van der Waals surface area (Å²) >= 11 is 1.65. The Morgan fingerprint density at radius 1 is 1.21 bits per heavy atom. The Morgan fingerprint density at radius 3 is 2.83 bits per heavy atom. The van der Waals surface area contributed by atoms with E-state index in [-0.39, 0.29) is 11.7 Å². The number of amides is 1. The number of halogens is 1. The third-order valence-electron chi connectivity index (χ3n) is 5.65. The SMILES string of the molecule is CC(C)N1CCc2c(sc3c2C(=O)N[C@@H](c2ccc(-c4ccccc4F)o2)N3)C1. The molecule has 2 aliphatic heterocycles. The van der Waals surface area contributed by atoms with E-state index in [1.54, 1.807) is 41.7 Å². The van der Waals surface area contributed by atoms with Gasteiger partial charge in [0.1, 0.15) is 22.3 Å². The molecule has 1 amide bonds. The van der Waals surface area contributed by atoms with Gasteiger partial charge in [-0.1, -0.05) is 12.1 Å². The first-order chi connectivity index (χ1) is 14.0. The van der Waals surface area contributed by atoms with Gasteiger partial charge in [-0.2, -0.15) is 0 Å². The van der Waals surface area contributed by atoms with E-state index in [1.165, 1.54) is 10.9 Å². The first kappa shape index (κ1) is 18.4. The molecule has 0 aliphatic carbocycles. The van der Waals surface area contributed by atoms with Gasteiger partial charge < -0.3 is 15.1 Å². The maximum Gasteiger partial charge on any atom is 0.256 e. The van der Waals surface area contributed by atoms with Crippen LogP contribution >= 0.6 is 11.3 Å². The van der Waals surface area contributed by atoms with Gasteiger partial charge in [-0.3, -0.25) is 9.69 Å². The molecule has 3 aromatic rings. The molecule has 2 N–H and O–H groups in total. The van der Waals surface area contributed by atoms with Crippen molar-refractivity contribution < 1.29 is 13.6 Å². The second-order valence-corrected chi connectivity index (χ2v) is 8.86. The van der Waals surface area contributed by atoms with E-state index in [2.05, 4.69) is 29.4 Å². The largest absolute Gasteiger partial charge is 0.457 e. The van der Waals surface area contributed by atoms with Gasteiger partial charge in [0.25, 0.3) is 5.91 Å². The van der Waals surface area contributed by atoms with E-state index in [1.807, 2.05) is 0 Å². The second-order valence-electron chi connectivity index (χ2n) is 7.75. The summed E-state index contributed by atoms with van der Waals surface area (Å²) in [6, 6.07) is 10.5. The van der Waals surface area contributed by atoms with Gasteiger partial charge in [0.2, 0.25) is 0 Å². The lowest BCUT2D eigenvalue weighted by atomic mass is 10.0. The molecule has 29 heavy (non-hydrogen) atoms. The molecule has 0 bridgehead atoms. The number of anilines is 1. The number of thiophene rings is 1. The van der Waals surface area contributed by atoms with Crippen molar-refractivity contribution in [3.8, 4) is 11.3 Å². The van der Waals surface area contributed by atoms with Crippen molar-refractivity contribution in [1.82, 2.24) is 10.2 Å². The third-order valence-corrected chi connectivity index (χ3v) is 6.79. The normalized spacial score (nSPS) is 18.9. The van der Waals surface area contributed by atoms with Crippen LogP contribution in [0.2, 0.25) is 0 Å². The van der Waals surface area contributed by atoms with Gasteiger partial charge in [0, 0.05) is 24.0 Å². The van der Waals surface area contributed by atoms with Crippen LogP contribution < -0.4 is 10.6 Å². The molecule has 5 nitrogen and oxygen atoms in total. The number of rotatable bonds is 3. The molecule has 0 saturated heterocycles. The van der Waals surface area contributed by atoms with Crippen LogP contribution in [-0.4, -0.2) is 23.4 Å². The molecule has 150 valence electrons. The topological polar surface area (TPSA) is 57.5 Å². The highest BCUT2D eigenvalue weighted by molar-refractivity contribution is 7.16. The highest BCUT2D eigenvalue weighted by Gasteiger charge is 2.34. The number of furan rings is 1. The van der Waals surface area contributed by atoms with Crippen LogP contribution in [0.4, 0.5) is 9.39 Å². The van der Waals surface area contributed by atoms with Gasteiger partial charge in [0.15, 0.2) is 6.17 Å². The Bertz CT molecular complexity index is 1090. The summed E-state index contributed by atoms with van der Waals surface area (Å²) in [5.74, 6) is 0.579. The van der Waals surface area contributed by atoms with Crippen molar-refractivity contribution in [2.75, 3.05) is 11.9 Å². The molecular weight excluding hydrogens is 389 g/mol. The van der Waals surface area contributed by atoms with Crippen molar-refractivity contribution in [3.63, 3.8) is 0 Å². The number of carbonyl (C=O) groups excluding carboxylic acids is 1. The van der Waals surface area contributed by atoms with Gasteiger partial charge in [-0.25, -0.2) is 4.39 Å². The van der Waals surface area contributed by atoms with Gasteiger partial charge in [0.05, 0.1) is 11.1 Å². The average molecular weight is 412 g/mol. The van der Waals surface area contributed by atoms with Crippen LogP contribution in [0, 0.1) is 5.82 Å². The molecule has 0 saturated carbocycles. The smallest absolute Gasteiger partial charge is 0.256 e. The van der Waals surface area contributed by atoms with Crippen LogP contribution in [0.1, 0.15) is 46.6 Å². The quantitative estimate of drug-likeness (QED) is 0.652. The van der Waals surface area contributed by atoms with Crippen LogP contribution in [0.3, 0.4) is 0 Å². The van der Waals surface area contributed by atoms with Crippen molar-refractivity contribution in [3.05, 3.63) is 64.0 Å². The lowest BCUT2D eigenvalue weighted by Crippen LogP contribution is -2.39. The van der Waals surface area contributed by atoms with Crippen LogP contribution in [0.25, 0.3) is 11.3 Å². The summed E-state index contributed by atoms with van der Waals surface area (Å²) in [6.07, 6.45) is 0.411. The minimum Gasteiger partial charge on any atom is -0.457 e. The lowest BCUT2D eigenvalue weighted by molar-refractivity contribution is 0.0930. The Morgan fingerprint density at radius 2 is 2.03 bits per heavy atom. The van der Waals surface area contributed by atoms with E-state index < -0.39 is 6.17 Å². The van der Waals surface area contributed by atoms with E-state index >= 15 is 0 Å². The number of hydrogen-bond donors (Lipinski definition) is 2. The minimum absolute atomic E-state index is 0.0805. The number of hydrogen-bond acceptors (Lipinski definition) is 5. The van der Waals surface area contributed by atoms with E-state index in [4.69, 9.17) is 4.42 Å². The fourth-order valence-electron chi connectivity index (χ4n) is 4.03. The molecule has 1 aromatic carbocycles. The standard InChI is InChI=1S/C22H22FN3O2S/c1-12(2)26-10-9-14-18(11-26)29-22-19(14)21(27)24-20(25-22)17-8-7-16(28-17)13-5-3-4-6-15(13)23/h3-8,12,20,25H,9-11H2,1-2H3,(H,24,27)/t20-/m1/s1. The maximum atomic E-state index is 14.1. The van der Waals surface area contributed by atoms with Gasteiger partial charge >= 0.3 is 0 Å². The molecule has 0 radical (unpaired) electrons.